The second-order valence-corrected chi connectivity index (χ2v) is 17.8. The summed E-state index contributed by atoms with van der Waals surface area (Å²) in [6.45, 7) is 10.9. The Morgan fingerprint density at radius 2 is 1.46 bits per heavy atom. The van der Waals surface area contributed by atoms with Gasteiger partial charge in [-0.2, -0.15) is 0 Å². The zero-order valence-corrected chi connectivity index (χ0v) is 29.1. The number of anilines is 1. The van der Waals surface area contributed by atoms with Gasteiger partial charge in [0.25, 0.3) is 11.8 Å². The summed E-state index contributed by atoms with van der Waals surface area (Å²) in [5.74, 6) is 0.680. The summed E-state index contributed by atoms with van der Waals surface area (Å²) in [5.41, 5.74) is 5.88. The zero-order chi connectivity index (χ0) is 34.1. The number of ether oxygens (including phenoxy) is 2. The van der Waals surface area contributed by atoms with E-state index in [1.807, 2.05) is 91.0 Å². The van der Waals surface area contributed by atoms with Gasteiger partial charge in [-0.1, -0.05) is 106 Å². The number of hydrogen-bond acceptors (Lipinski definition) is 5. The molecule has 2 amide bonds. The standard InChI is InChI=1S/C40H42N2O5Si/c1-40(2,3)48(4,5)47-42-39(44)32-23-21-29(22-24-32)25-33(28-46-37-20-11-16-31-15-9-10-19-36(31)37)38(43)41-34-17-12-18-35(26-34)45-27-30-13-7-6-8-14-30/h6-26H,27-28H2,1-5H3,(H,41,43)(H,42,44). The predicted octanol–water partition coefficient (Wildman–Crippen LogP) is 9.19. The fourth-order valence-electron chi connectivity index (χ4n) is 4.58. The summed E-state index contributed by atoms with van der Waals surface area (Å²) >= 11 is 0. The minimum absolute atomic E-state index is 0.0205. The zero-order valence-electron chi connectivity index (χ0n) is 28.1. The van der Waals surface area contributed by atoms with Crippen molar-refractivity contribution in [2.45, 2.75) is 45.5 Å². The first-order chi connectivity index (χ1) is 23.0. The number of rotatable bonds is 12. The van der Waals surface area contributed by atoms with Gasteiger partial charge in [0.05, 0.1) is 5.57 Å². The maximum atomic E-state index is 13.8. The van der Waals surface area contributed by atoms with Gasteiger partial charge in [0.15, 0.2) is 0 Å². The quantitative estimate of drug-likeness (QED) is 0.0793. The molecule has 0 bridgehead atoms. The van der Waals surface area contributed by atoms with Gasteiger partial charge in [-0.15, -0.1) is 0 Å². The lowest BCUT2D eigenvalue weighted by atomic mass is 10.1. The van der Waals surface area contributed by atoms with Crippen LogP contribution in [0.3, 0.4) is 0 Å². The van der Waals surface area contributed by atoms with Crippen LogP contribution in [0.1, 0.15) is 42.3 Å². The van der Waals surface area contributed by atoms with E-state index in [9.17, 15) is 9.59 Å². The van der Waals surface area contributed by atoms with Crippen molar-refractivity contribution in [2.75, 3.05) is 11.9 Å². The van der Waals surface area contributed by atoms with Gasteiger partial charge in [-0.3, -0.25) is 9.59 Å². The number of carbonyl (C=O) groups excluding carboxylic acids is 2. The largest absolute Gasteiger partial charge is 0.489 e. The molecule has 2 N–H and O–H groups in total. The number of hydroxylamine groups is 1. The van der Waals surface area contributed by atoms with Crippen LogP contribution in [0.15, 0.2) is 127 Å². The van der Waals surface area contributed by atoms with E-state index < -0.39 is 8.32 Å². The second kappa shape index (κ2) is 15.1. The van der Waals surface area contributed by atoms with Crippen LogP contribution in [0.4, 0.5) is 5.69 Å². The van der Waals surface area contributed by atoms with Crippen molar-refractivity contribution in [3.05, 3.63) is 144 Å². The molecule has 5 aromatic rings. The first kappa shape index (κ1) is 34.2. The van der Waals surface area contributed by atoms with E-state index in [0.717, 1.165) is 21.9 Å². The Morgan fingerprint density at radius 3 is 2.21 bits per heavy atom. The number of amides is 2. The van der Waals surface area contributed by atoms with E-state index in [1.54, 1.807) is 36.4 Å². The van der Waals surface area contributed by atoms with Gasteiger partial charge in [-0.05, 0) is 71.1 Å². The molecule has 0 radical (unpaired) electrons. The first-order valence-corrected chi connectivity index (χ1v) is 18.9. The summed E-state index contributed by atoms with van der Waals surface area (Å²) in [6, 6.07) is 38.0. The maximum absolute atomic E-state index is 13.8. The lowest BCUT2D eigenvalue weighted by molar-refractivity contribution is -0.113. The molecule has 0 aromatic heterocycles. The molecular weight excluding hydrogens is 617 g/mol. The maximum Gasteiger partial charge on any atom is 0.273 e. The Balaban J connectivity index is 1.34. The molecule has 48 heavy (non-hydrogen) atoms. The van der Waals surface area contributed by atoms with Crippen LogP contribution in [-0.4, -0.2) is 26.7 Å². The number of nitrogens with one attached hydrogen (secondary N) is 2. The van der Waals surface area contributed by atoms with Crippen molar-refractivity contribution < 1.29 is 23.6 Å². The lowest BCUT2D eigenvalue weighted by Gasteiger charge is -2.35. The van der Waals surface area contributed by atoms with Gasteiger partial charge in [-0.25, -0.2) is 5.48 Å². The van der Waals surface area contributed by atoms with Crippen molar-refractivity contribution in [1.82, 2.24) is 5.48 Å². The second-order valence-electron chi connectivity index (χ2n) is 13.1. The molecule has 0 atom stereocenters. The monoisotopic (exact) mass is 658 g/mol. The van der Waals surface area contributed by atoms with Crippen LogP contribution < -0.4 is 20.3 Å². The summed E-state index contributed by atoms with van der Waals surface area (Å²) in [6.07, 6.45) is 1.77. The van der Waals surface area contributed by atoms with Crippen LogP contribution in [0.2, 0.25) is 18.1 Å². The average Bonchev–Trinajstić information content (AvgIpc) is 3.08. The predicted molar refractivity (Wildman–Crippen MR) is 195 cm³/mol. The first-order valence-electron chi connectivity index (χ1n) is 16.0. The van der Waals surface area contributed by atoms with Crippen molar-refractivity contribution in [3.63, 3.8) is 0 Å². The third-order valence-electron chi connectivity index (χ3n) is 8.48. The molecule has 0 heterocycles. The van der Waals surface area contributed by atoms with Crippen LogP contribution >= 0.6 is 0 Å². The van der Waals surface area contributed by atoms with Crippen LogP contribution in [0.25, 0.3) is 16.8 Å². The van der Waals surface area contributed by atoms with E-state index in [2.05, 4.69) is 44.7 Å². The van der Waals surface area contributed by atoms with E-state index >= 15 is 0 Å². The van der Waals surface area contributed by atoms with E-state index in [1.165, 1.54) is 0 Å². The molecule has 8 heteroatoms. The van der Waals surface area contributed by atoms with Crippen molar-refractivity contribution in [2.24, 2.45) is 0 Å². The Kier molecular flexibility index (Phi) is 10.8. The minimum atomic E-state index is -2.16. The summed E-state index contributed by atoms with van der Waals surface area (Å²) in [4.78, 5) is 26.6. The number of carbonyl (C=O) groups is 2. The van der Waals surface area contributed by atoms with Crippen molar-refractivity contribution in [3.8, 4) is 11.5 Å². The summed E-state index contributed by atoms with van der Waals surface area (Å²) in [5, 5.41) is 4.96. The fraction of sp³-hybridized carbons (Fsp3) is 0.200. The number of benzene rings is 5. The van der Waals surface area contributed by atoms with Gasteiger partial charge in [0.2, 0.25) is 8.32 Å². The number of hydrogen-bond donors (Lipinski definition) is 2. The number of fused-ring (bicyclic) bond motifs is 1. The molecule has 7 nitrogen and oxygen atoms in total. The molecule has 0 saturated heterocycles. The molecule has 0 aliphatic carbocycles. The van der Waals surface area contributed by atoms with E-state index in [-0.39, 0.29) is 23.5 Å². The smallest absolute Gasteiger partial charge is 0.273 e. The Bertz CT molecular complexity index is 1890. The highest BCUT2D eigenvalue weighted by atomic mass is 28.4. The van der Waals surface area contributed by atoms with Crippen LogP contribution in [0, 0.1) is 0 Å². The highest BCUT2D eigenvalue weighted by Crippen LogP contribution is 2.36. The van der Waals surface area contributed by atoms with Gasteiger partial charge >= 0.3 is 0 Å². The van der Waals surface area contributed by atoms with Crippen molar-refractivity contribution in [1.29, 1.82) is 0 Å². The third-order valence-corrected chi connectivity index (χ3v) is 12.7. The minimum Gasteiger partial charge on any atom is -0.489 e. The summed E-state index contributed by atoms with van der Waals surface area (Å²) < 4.78 is 18.1. The normalized spacial score (nSPS) is 12.0. The molecule has 5 aromatic carbocycles. The van der Waals surface area contributed by atoms with E-state index in [0.29, 0.717) is 34.9 Å². The third kappa shape index (κ3) is 9.00. The molecule has 0 fully saturated rings. The van der Waals surface area contributed by atoms with Crippen LogP contribution in [-0.2, 0) is 15.9 Å². The molecule has 5 rings (SSSR count). The fourth-order valence-corrected chi connectivity index (χ4v) is 5.24. The molecule has 0 unspecified atom stereocenters. The molecule has 0 aliphatic rings. The topological polar surface area (TPSA) is 85.9 Å². The molecule has 0 spiro atoms. The van der Waals surface area contributed by atoms with Gasteiger partial charge in [0, 0.05) is 22.7 Å². The highest BCUT2D eigenvalue weighted by Gasteiger charge is 2.38. The van der Waals surface area contributed by atoms with E-state index in [4.69, 9.17) is 14.0 Å². The Morgan fingerprint density at radius 1 is 0.771 bits per heavy atom. The average molecular weight is 659 g/mol. The van der Waals surface area contributed by atoms with Crippen LogP contribution in [0.5, 0.6) is 11.5 Å². The molecule has 0 saturated carbocycles. The Labute approximate surface area is 283 Å². The molecule has 0 aliphatic heterocycles. The molecular formula is C40H42N2O5Si. The van der Waals surface area contributed by atoms with Crippen molar-refractivity contribution >= 4 is 42.7 Å². The SMILES string of the molecule is CC(C)(C)[Si](C)(C)ONC(=O)c1ccc(C=C(COc2cccc3ccccc23)C(=O)Nc2cccc(OCc3ccccc3)c2)cc1. The van der Waals surface area contributed by atoms with Gasteiger partial charge in [0.1, 0.15) is 24.7 Å². The van der Waals surface area contributed by atoms with Gasteiger partial charge < -0.3 is 19.3 Å². The molecule has 246 valence electrons. The summed E-state index contributed by atoms with van der Waals surface area (Å²) in [7, 11) is -2.16. The lowest BCUT2D eigenvalue weighted by Crippen LogP contribution is -2.46. The Hall–Kier alpha value is -5.18. The highest BCUT2D eigenvalue weighted by molar-refractivity contribution is 6.74.